The Balaban J connectivity index is 1.57. The number of halogens is 2. The lowest BCUT2D eigenvalue weighted by Crippen LogP contribution is -2.31. The van der Waals surface area contributed by atoms with Crippen molar-refractivity contribution < 1.29 is 9.18 Å². The van der Waals surface area contributed by atoms with Gasteiger partial charge in [-0.2, -0.15) is 0 Å². The summed E-state index contributed by atoms with van der Waals surface area (Å²) in [5.74, 6) is -1.05. The molecule has 0 aromatic heterocycles. The fourth-order valence-electron chi connectivity index (χ4n) is 2.75. The Bertz CT molecular complexity index is 1030. The minimum Gasteiger partial charge on any atom is -0.356 e. The predicted molar refractivity (Wildman–Crippen MR) is 123 cm³/mol. The number of hydrogen-bond acceptors (Lipinski definition) is 2. The van der Waals surface area contributed by atoms with Crippen LogP contribution in [0.3, 0.4) is 0 Å². The first kappa shape index (κ1) is 21.0. The minimum absolute atomic E-state index is 0.00106. The second-order valence-electron chi connectivity index (χ2n) is 6.35. The van der Waals surface area contributed by atoms with Gasteiger partial charge in [0, 0.05) is 15.8 Å². The van der Waals surface area contributed by atoms with Gasteiger partial charge >= 0.3 is 0 Å². The Morgan fingerprint density at radius 3 is 2.17 bits per heavy atom. The van der Waals surface area contributed by atoms with E-state index in [9.17, 15) is 9.18 Å². The molecule has 0 heterocycles. The average Bonchev–Trinajstić information content (AvgIpc) is 2.70. The largest absolute Gasteiger partial charge is 0.356 e. The van der Waals surface area contributed by atoms with Crippen molar-refractivity contribution in [2.45, 2.75) is 13.0 Å². The lowest BCUT2D eigenvalue weighted by molar-refractivity contribution is 0.102. The summed E-state index contributed by atoms with van der Waals surface area (Å²) < 4.78 is 14.7. The molecule has 0 spiro atoms. The third-order valence-electron chi connectivity index (χ3n) is 4.24. The first-order valence-corrected chi connectivity index (χ1v) is 10.1. The van der Waals surface area contributed by atoms with Gasteiger partial charge in [0.1, 0.15) is 5.82 Å². The van der Waals surface area contributed by atoms with Gasteiger partial charge in [-0.25, -0.2) is 4.39 Å². The molecule has 0 fully saturated rings. The van der Waals surface area contributed by atoms with E-state index in [0.717, 1.165) is 15.7 Å². The van der Waals surface area contributed by atoms with E-state index in [1.807, 2.05) is 31.2 Å². The maximum Gasteiger partial charge on any atom is 0.258 e. The van der Waals surface area contributed by atoms with E-state index < -0.39 is 11.7 Å². The van der Waals surface area contributed by atoms with Gasteiger partial charge in [-0.1, -0.05) is 46.3 Å². The lowest BCUT2D eigenvalue weighted by Gasteiger charge is -2.18. The van der Waals surface area contributed by atoms with Crippen LogP contribution < -0.4 is 16.0 Å². The van der Waals surface area contributed by atoms with E-state index in [1.54, 1.807) is 36.4 Å². The van der Waals surface area contributed by atoms with Gasteiger partial charge in [0.2, 0.25) is 0 Å². The molecule has 1 unspecified atom stereocenters. The van der Waals surface area contributed by atoms with Crippen LogP contribution in [-0.2, 0) is 0 Å². The molecule has 0 radical (unpaired) electrons. The van der Waals surface area contributed by atoms with Crippen LogP contribution in [0.25, 0.3) is 0 Å². The van der Waals surface area contributed by atoms with Crippen molar-refractivity contribution in [3.63, 3.8) is 0 Å². The minimum atomic E-state index is -0.557. The van der Waals surface area contributed by atoms with Crippen LogP contribution in [0.5, 0.6) is 0 Å². The highest BCUT2D eigenvalue weighted by Gasteiger charge is 2.12. The smallest absolute Gasteiger partial charge is 0.258 e. The first-order valence-electron chi connectivity index (χ1n) is 8.92. The van der Waals surface area contributed by atoms with Crippen LogP contribution in [0.2, 0.25) is 0 Å². The highest BCUT2D eigenvalue weighted by Crippen LogP contribution is 2.23. The third-order valence-corrected chi connectivity index (χ3v) is 5.18. The summed E-state index contributed by atoms with van der Waals surface area (Å²) in [5, 5.41) is 9.52. The molecular formula is C22H19BrFN3OS. The molecule has 0 aliphatic heterocycles. The van der Waals surface area contributed by atoms with Gasteiger partial charge in [-0.15, -0.1) is 0 Å². The van der Waals surface area contributed by atoms with E-state index in [2.05, 4.69) is 31.9 Å². The molecule has 3 N–H and O–H groups in total. The molecule has 0 saturated carbocycles. The molecule has 7 heteroatoms. The van der Waals surface area contributed by atoms with Crippen molar-refractivity contribution in [3.05, 3.63) is 94.2 Å². The van der Waals surface area contributed by atoms with Gasteiger partial charge in [0.25, 0.3) is 5.91 Å². The molecule has 29 heavy (non-hydrogen) atoms. The zero-order chi connectivity index (χ0) is 20.8. The Kier molecular flexibility index (Phi) is 6.95. The maximum atomic E-state index is 13.7. The summed E-state index contributed by atoms with van der Waals surface area (Å²) in [4.78, 5) is 12.2. The molecule has 4 nitrogen and oxygen atoms in total. The summed E-state index contributed by atoms with van der Waals surface area (Å²) in [7, 11) is 0. The van der Waals surface area contributed by atoms with Gasteiger partial charge in [-0.3, -0.25) is 4.79 Å². The summed E-state index contributed by atoms with van der Waals surface area (Å²) in [6.45, 7) is 2.02. The van der Waals surface area contributed by atoms with E-state index >= 15 is 0 Å². The summed E-state index contributed by atoms with van der Waals surface area (Å²) in [6.07, 6.45) is 0. The number of hydrogen-bond donors (Lipinski definition) is 3. The van der Waals surface area contributed by atoms with Crippen LogP contribution in [0.15, 0.2) is 77.3 Å². The lowest BCUT2D eigenvalue weighted by atomic mass is 10.1. The molecule has 1 atom stereocenters. The standard InChI is InChI=1S/C22H19BrFN3OS/c1-14(17-6-2-4-8-19(17)23)25-22(29)27-16-12-10-15(11-13-16)26-21(28)18-7-3-5-9-20(18)24/h2-14H,1H3,(H,26,28)(H2,25,27,29). The van der Waals surface area contributed by atoms with Crippen molar-refractivity contribution in [2.24, 2.45) is 0 Å². The van der Waals surface area contributed by atoms with Crippen molar-refractivity contribution in [1.29, 1.82) is 0 Å². The number of thiocarbonyl (C=S) groups is 1. The Hall–Kier alpha value is -2.77. The van der Waals surface area contributed by atoms with Crippen LogP contribution in [0.4, 0.5) is 15.8 Å². The molecule has 3 rings (SSSR count). The molecule has 0 saturated heterocycles. The number of carbonyl (C=O) groups is 1. The van der Waals surface area contributed by atoms with Gasteiger partial charge in [0.05, 0.1) is 11.6 Å². The van der Waals surface area contributed by atoms with Crippen molar-refractivity contribution >= 4 is 50.5 Å². The summed E-state index contributed by atoms with van der Waals surface area (Å²) in [5.41, 5.74) is 2.43. The number of nitrogens with one attached hydrogen (secondary N) is 3. The van der Waals surface area contributed by atoms with Gasteiger partial charge in [-0.05, 0) is 67.2 Å². The molecule has 0 aliphatic carbocycles. The zero-order valence-electron chi connectivity index (χ0n) is 15.6. The number of anilines is 2. The summed E-state index contributed by atoms with van der Waals surface area (Å²) >= 11 is 8.93. The van der Waals surface area contributed by atoms with E-state index in [1.165, 1.54) is 12.1 Å². The predicted octanol–water partition coefficient (Wildman–Crippen LogP) is 5.89. The second kappa shape index (κ2) is 9.62. The molecule has 1 amide bonds. The number of benzene rings is 3. The van der Waals surface area contributed by atoms with Crippen LogP contribution in [0, 0.1) is 5.82 Å². The molecule has 3 aromatic rings. The highest BCUT2D eigenvalue weighted by atomic mass is 79.9. The van der Waals surface area contributed by atoms with Gasteiger partial charge in [0.15, 0.2) is 5.11 Å². The topological polar surface area (TPSA) is 53.2 Å². The monoisotopic (exact) mass is 471 g/mol. The van der Waals surface area contributed by atoms with E-state index in [-0.39, 0.29) is 11.6 Å². The maximum absolute atomic E-state index is 13.7. The van der Waals surface area contributed by atoms with Crippen molar-refractivity contribution in [3.8, 4) is 0 Å². The molecule has 0 bridgehead atoms. The van der Waals surface area contributed by atoms with E-state index in [4.69, 9.17) is 12.2 Å². The Morgan fingerprint density at radius 2 is 1.52 bits per heavy atom. The van der Waals surface area contributed by atoms with Crippen LogP contribution >= 0.6 is 28.1 Å². The second-order valence-corrected chi connectivity index (χ2v) is 7.62. The fraction of sp³-hybridized carbons (Fsp3) is 0.0909. The molecule has 0 aliphatic rings. The first-order chi connectivity index (χ1) is 13.9. The number of rotatable bonds is 5. The average molecular weight is 472 g/mol. The fourth-order valence-corrected chi connectivity index (χ4v) is 3.67. The van der Waals surface area contributed by atoms with Gasteiger partial charge < -0.3 is 16.0 Å². The number of carbonyl (C=O) groups excluding carboxylic acids is 1. The normalized spacial score (nSPS) is 11.4. The SMILES string of the molecule is CC(NC(=S)Nc1ccc(NC(=O)c2ccccc2F)cc1)c1ccccc1Br. The van der Waals surface area contributed by atoms with Crippen LogP contribution in [-0.4, -0.2) is 11.0 Å². The third kappa shape index (κ3) is 5.62. The number of amides is 1. The highest BCUT2D eigenvalue weighted by molar-refractivity contribution is 9.10. The van der Waals surface area contributed by atoms with Crippen LogP contribution in [0.1, 0.15) is 28.9 Å². The van der Waals surface area contributed by atoms with E-state index in [0.29, 0.717) is 10.8 Å². The Labute approximate surface area is 182 Å². The van der Waals surface area contributed by atoms with Crippen molar-refractivity contribution in [2.75, 3.05) is 10.6 Å². The quantitative estimate of drug-likeness (QED) is 0.406. The molecule has 3 aromatic carbocycles. The van der Waals surface area contributed by atoms with Crippen molar-refractivity contribution in [1.82, 2.24) is 5.32 Å². The molecular weight excluding hydrogens is 453 g/mol. The zero-order valence-corrected chi connectivity index (χ0v) is 18.0. The Morgan fingerprint density at radius 1 is 0.931 bits per heavy atom. The molecule has 148 valence electrons. The summed E-state index contributed by atoms with van der Waals surface area (Å²) in [6, 6.07) is 20.8.